The summed E-state index contributed by atoms with van der Waals surface area (Å²) in [7, 11) is 1.32. The van der Waals surface area contributed by atoms with Crippen molar-refractivity contribution in [1.82, 2.24) is 4.98 Å². The van der Waals surface area contributed by atoms with Crippen molar-refractivity contribution in [3.63, 3.8) is 0 Å². The lowest BCUT2D eigenvalue weighted by Crippen LogP contribution is -2.12. The molecule has 0 unspecified atom stereocenters. The molecule has 1 N–H and O–H groups in total. The van der Waals surface area contributed by atoms with Crippen molar-refractivity contribution >= 4 is 62.6 Å². The van der Waals surface area contributed by atoms with E-state index in [0.717, 1.165) is 6.07 Å². The number of nitro benzene ring substituents is 1. The van der Waals surface area contributed by atoms with Gasteiger partial charge in [0.05, 0.1) is 22.1 Å². The maximum Gasteiger partial charge on any atom is 0.311 e. The average Bonchev–Trinajstić information content (AvgIpc) is 3.19. The van der Waals surface area contributed by atoms with Crippen molar-refractivity contribution in [2.75, 3.05) is 12.4 Å². The summed E-state index contributed by atoms with van der Waals surface area (Å²) in [6.07, 6.45) is 0. The third-order valence-electron chi connectivity index (χ3n) is 3.30. The first kappa shape index (κ1) is 18.6. The molecule has 3 rings (SSSR count). The number of hydrogen-bond acceptors (Lipinski definition) is 7. The van der Waals surface area contributed by atoms with Crippen LogP contribution < -0.4 is 10.1 Å². The molecule has 0 radical (unpaired) electrons. The molecule has 1 aromatic carbocycles. The molecule has 3 aromatic rings. The van der Waals surface area contributed by atoms with E-state index in [2.05, 4.69) is 10.3 Å². The molecule has 0 saturated heterocycles. The first-order valence-electron chi connectivity index (χ1n) is 6.93. The third-order valence-corrected chi connectivity index (χ3v) is 5.54. The Hall–Kier alpha value is -2.20. The molecule has 134 valence electrons. The summed E-state index contributed by atoms with van der Waals surface area (Å²) in [6.45, 7) is 0. The van der Waals surface area contributed by atoms with Crippen molar-refractivity contribution in [3.05, 3.63) is 54.0 Å². The Morgan fingerprint density at radius 3 is 2.73 bits per heavy atom. The summed E-state index contributed by atoms with van der Waals surface area (Å²) in [5.74, 6) is -0.446. The van der Waals surface area contributed by atoms with Gasteiger partial charge >= 0.3 is 5.69 Å². The highest BCUT2D eigenvalue weighted by Crippen LogP contribution is 2.39. The number of halogens is 2. The molecule has 0 fully saturated rings. The Bertz CT molecular complexity index is 1000. The second-order valence-electron chi connectivity index (χ2n) is 4.87. The van der Waals surface area contributed by atoms with Gasteiger partial charge < -0.3 is 4.74 Å². The quantitative estimate of drug-likeness (QED) is 0.435. The number of aromatic nitrogens is 1. The zero-order valence-electron chi connectivity index (χ0n) is 13.0. The number of rotatable bonds is 5. The lowest BCUT2D eigenvalue weighted by atomic mass is 10.2. The maximum atomic E-state index is 12.4. The predicted molar refractivity (Wildman–Crippen MR) is 103 cm³/mol. The molecule has 11 heteroatoms. The van der Waals surface area contributed by atoms with Crippen LogP contribution in [0, 0.1) is 10.1 Å². The fraction of sp³-hybridized carbons (Fsp3) is 0.0667. The average molecular weight is 430 g/mol. The Labute approximate surface area is 165 Å². The van der Waals surface area contributed by atoms with Gasteiger partial charge in [-0.1, -0.05) is 23.2 Å². The number of methoxy groups -OCH3 is 1. The lowest BCUT2D eigenvalue weighted by Gasteiger charge is -2.05. The van der Waals surface area contributed by atoms with Crippen LogP contribution in [0.1, 0.15) is 10.4 Å². The Balaban J connectivity index is 1.82. The van der Waals surface area contributed by atoms with E-state index in [-0.39, 0.29) is 17.0 Å². The summed E-state index contributed by atoms with van der Waals surface area (Å²) in [4.78, 5) is 27.1. The highest BCUT2D eigenvalue weighted by atomic mass is 35.5. The summed E-state index contributed by atoms with van der Waals surface area (Å²) >= 11 is 14.5. The van der Waals surface area contributed by atoms with Crippen LogP contribution in [0.3, 0.4) is 0 Å². The van der Waals surface area contributed by atoms with Gasteiger partial charge in [-0.25, -0.2) is 4.98 Å². The molecular formula is C15H9Cl2N3O4S2. The minimum atomic E-state index is -0.612. The van der Waals surface area contributed by atoms with Gasteiger partial charge in [-0.15, -0.1) is 22.7 Å². The summed E-state index contributed by atoms with van der Waals surface area (Å²) < 4.78 is 5.96. The second kappa shape index (κ2) is 7.58. The first-order chi connectivity index (χ1) is 12.4. The van der Waals surface area contributed by atoms with Crippen LogP contribution in [-0.2, 0) is 0 Å². The largest absolute Gasteiger partial charge is 0.490 e. The smallest absolute Gasteiger partial charge is 0.311 e. The second-order valence-corrected chi connectivity index (χ2v) is 8.02. The molecule has 2 aromatic heterocycles. The van der Waals surface area contributed by atoms with E-state index in [1.54, 1.807) is 11.4 Å². The molecule has 1 amide bonds. The van der Waals surface area contributed by atoms with E-state index < -0.39 is 10.8 Å². The number of nitrogens with one attached hydrogen (secondary N) is 1. The number of hydrogen-bond donors (Lipinski definition) is 1. The zero-order valence-corrected chi connectivity index (χ0v) is 16.1. The number of amides is 1. The molecule has 0 saturated carbocycles. The highest BCUT2D eigenvalue weighted by Gasteiger charge is 2.19. The number of nitro groups is 1. The first-order valence-corrected chi connectivity index (χ1v) is 9.38. The number of thiazole rings is 1. The molecule has 0 spiro atoms. The SMILES string of the molecule is COc1ccc(C(=O)Nc2nc(-c3cc(Cl)sc3Cl)cs2)cc1[N+](=O)[O-]. The molecule has 26 heavy (non-hydrogen) atoms. The number of nitrogens with zero attached hydrogens (tertiary/aromatic N) is 2. The predicted octanol–water partition coefficient (Wildman–Crippen LogP) is 5.35. The van der Waals surface area contributed by atoms with Gasteiger partial charge in [0.25, 0.3) is 5.91 Å². The van der Waals surface area contributed by atoms with Crippen LogP contribution in [0.2, 0.25) is 8.67 Å². The van der Waals surface area contributed by atoms with E-state index in [9.17, 15) is 14.9 Å². The number of carbonyl (C=O) groups is 1. The minimum absolute atomic E-state index is 0.0760. The number of anilines is 1. The van der Waals surface area contributed by atoms with Crippen molar-refractivity contribution in [2.45, 2.75) is 0 Å². The minimum Gasteiger partial charge on any atom is -0.490 e. The number of thiophene rings is 1. The molecule has 2 heterocycles. The van der Waals surface area contributed by atoms with E-state index >= 15 is 0 Å². The van der Waals surface area contributed by atoms with Gasteiger partial charge in [0.1, 0.15) is 4.34 Å². The Morgan fingerprint density at radius 2 is 2.12 bits per heavy atom. The van der Waals surface area contributed by atoms with Crippen LogP contribution in [0.15, 0.2) is 29.6 Å². The number of benzene rings is 1. The molecular weight excluding hydrogens is 421 g/mol. The van der Waals surface area contributed by atoms with Crippen molar-refractivity contribution < 1.29 is 14.5 Å². The normalized spacial score (nSPS) is 10.6. The summed E-state index contributed by atoms with van der Waals surface area (Å²) in [6, 6.07) is 5.65. The highest BCUT2D eigenvalue weighted by molar-refractivity contribution is 7.20. The van der Waals surface area contributed by atoms with Crippen LogP contribution >= 0.6 is 45.9 Å². The van der Waals surface area contributed by atoms with Crippen LogP contribution in [0.4, 0.5) is 10.8 Å². The lowest BCUT2D eigenvalue weighted by molar-refractivity contribution is -0.385. The molecule has 0 aliphatic rings. The fourth-order valence-corrected chi connectivity index (χ4v) is 4.30. The van der Waals surface area contributed by atoms with E-state index in [4.69, 9.17) is 27.9 Å². The van der Waals surface area contributed by atoms with Crippen LogP contribution in [0.5, 0.6) is 5.75 Å². The van der Waals surface area contributed by atoms with Crippen molar-refractivity contribution in [2.24, 2.45) is 0 Å². The molecule has 0 atom stereocenters. The Kier molecular flexibility index (Phi) is 5.42. The van der Waals surface area contributed by atoms with Gasteiger partial charge in [-0.2, -0.15) is 0 Å². The van der Waals surface area contributed by atoms with Gasteiger partial charge in [-0.3, -0.25) is 20.2 Å². The van der Waals surface area contributed by atoms with Crippen LogP contribution in [0.25, 0.3) is 11.3 Å². The topological polar surface area (TPSA) is 94.4 Å². The van der Waals surface area contributed by atoms with Gasteiger partial charge in [0.2, 0.25) is 0 Å². The number of carbonyl (C=O) groups excluding carboxylic acids is 1. The molecule has 7 nitrogen and oxygen atoms in total. The maximum absolute atomic E-state index is 12.4. The third kappa shape index (κ3) is 3.80. The van der Waals surface area contributed by atoms with Gasteiger partial charge in [0, 0.05) is 22.6 Å². The van der Waals surface area contributed by atoms with Crippen LogP contribution in [-0.4, -0.2) is 22.9 Å². The molecule has 0 aliphatic heterocycles. The van der Waals surface area contributed by atoms with Gasteiger partial charge in [0.15, 0.2) is 10.9 Å². The zero-order chi connectivity index (χ0) is 18.8. The summed E-state index contributed by atoms with van der Waals surface area (Å²) in [5.41, 5.74) is 1.09. The standard InChI is InChI=1S/C15H9Cl2N3O4S2/c1-24-11-3-2-7(4-10(11)20(22)23)14(21)19-15-18-9(6-25-15)8-5-12(16)26-13(8)17/h2-6H,1H3,(H,18,19,21). The van der Waals surface area contributed by atoms with E-state index in [1.165, 1.54) is 41.9 Å². The Morgan fingerprint density at radius 1 is 1.35 bits per heavy atom. The van der Waals surface area contributed by atoms with E-state index in [1.807, 2.05) is 0 Å². The summed E-state index contributed by atoms with van der Waals surface area (Å²) in [5, 5.41) is 15.7. The van der Waals surface area contributed by atoms with Crippen molar-refractivity contribution in [1.29, 1.82) is 0 Å². The van der Waals surface area contributed by atoms with Gasteiger partial charge in [-0.05, 0) is 18.2 Å². The number of ether oxygens (including phenoxy) is 1. The molecule has 0 aliphatic carbocycles. The molecule has 0 bridgehead atoms. The van der Waals surface area contributed by atoms with E-state index in [0.29, 0.717) is 25.1 Å². The monoisotopic (exact) mass is 429 g/mol. The fourth-order valence-electron chi connectivity index (χ4n) is 2.11. The van der Waals surface area contributed by atoms with Crippen molar-refractivity contribution in [3.8, 4) is 17.0 Å².